The summed E-state index contributed by atoms with van der Waals surface area (Å²) in [5.41, 5.74) is 0.711. The molecule has 1 saturated heterocycles. The second-order valence-corrected chi connectivity index (χ2v) is 8.48. The zero-order valence-electron chi connectivity index (χ0n) is 15.3. The van der Waals surface area contributed by atoms with E-state index in [-0.39, 0.29) is 24.1 Å². The van der Waals surface area contributed by atoms with Crippen molar-refractivity contribution in [1.82, 2.24) is 9.29 Å². The molecule has 1 aliphatic rings. The van der Waals surface area contributed by atoms with E-state index in [0.717, 1.165) is 6.26 Å². The minimum Gasteiger partial charge on any atom is -0.489 e. The van der Waals surface area contributed by atoms with Gasteiger partial charge in [0.25, 0.3) is 0 Å². The minimum atomic E-state index is -3.30. The second kappa shape index (κ2) is 8.53. The van der Waals surface area contributed by atoms with Gasteiger partial charge in [0.1, 0.15) is 17.7 Å². The molecule has 2 heterocycles. The van der Waals surface area contributed by atoms with E-state index in [9.17, 15) is 17.6 Å². The third-order valence-electron chi connectivity index (χ3n) is 4.16. The number of halogens is 1. The summed E-state index contributed by atoms with van der Waals surface area (Å²) in [6, 6.07) is 6.65. The summed E-state index contributed by atoms with van der Waals surface area (Å²) in [6.07, 6.45) is 5.15. The van der Waals surface area contributed by atoms with E-state index >= 15 is 0 Å². The molecule has 0 unspecified atom stereocenters. The highest BCUT2D eigenvalue weighted by molar-refractivity contribution is 7.88. The largest absolute Gasteiger partial charge is 0.489 e. The van der Waals surface area contributed by atoms with Crippen LogP contribution in [0.1, 0.15) is 12.8 Å². The topological polar surface area (TPSA) is 101 Å². The number of nitrogens with one attached hydrogen (secondary N) is 2. The number of benzene rings is 1. The lowest BCUT2D eigenvalue weighted by molar-refractivity contribution is 0.130. The van der Waals surface area contributed by atoms with E-state index in [4.69, 9.17) is 4.74 Å². The summed E-state index contributed by atoms with van der Waals surface area (Å²) >= 11 is 0. The summed E-state index contributed by atoms with van der Waals surface area (Å²) in [6.45, 7) is 0.656. The van der Waals surface area contributed by atoms with E-state index in [0.29, 0.717) is 25.1 Å². The van der Waals surface area contributed by atoms with Gasteiger partial charge in [-0.2, -0.15) is 4.31 Å². The number of nitrogens with zero attached hydrogens (tertiary/aromatic N) is 2. The average Bonchev–Trinajstić information content (AvgIpc) is 2.61. The van der Waals surface area contributed by atoms with Crippen LogP contribution in [0.15, 0.2) is 42.7 Å². The number of carbonyl (C=O) groups is 1. The number of amides is 2. The standard InChI is InChI=1S/C18H21FN4O4S/c1-28(25,26)23-7-3-5-16(12-23)27-17-9-13(19)8-15(10-17)22-18(24)21-14-4-2-6-20-11-14/h2,4,6,8-11,16H,3,5,7,12H2,1H3,(H2,21,22,24)/t16-/m1/s1. The molecule has 1 atom stereocenters. The van der Waals surface area contributed by atoms with Crippen LogP contribution in [0.5, 0.6) is 5.75 Å². The molecule has 0 spiro atoms. The second-order valence-electron chi connectivity index (χ2n) is 6.50. The van der Waals surface area contributed by atoms with Crippen molar-refractivity contribution in [1.29, 1.82) is 0 Å². The maximum Gasteiger partial charge on any atom is 0.323 e. The fourth-order valence-electron chi connectivity index (χ4n) is 2.93. The molecular weight excluding hydrogens is 387 g/mol. The SMILES string of the molecule is CS(=O)(=O)N1CCC[C@@H](Oc2cc(F)cc(NC(=O)Nc3cccnc3)c2)C1. The van der Waals surface area contributed by atoms with Crippen molar-refractivity contribution >= 4 is 27.4 Å². The first-order valence-corrected chi connectivity index (χ1v) is 10.5. The Hall–Kier alpha value is -2.72. The molecule has 150 valence electrons. The molecule has 0 radical (unpaired) electrons. The highest BCUT2D eigenvalue weighted by Gasteiger charge is 2.27. The van der Waals surface area contributed by atoms with Crippen LogP contribution in [0.2, 0.25) is 0 Å². The van der Waals surface area contributed by atoms with Crippen molar-refractivity contribution in [3.05, 3.63) is 48.5 Å². The Bertz CT molecular complexity index is 940. The van der Waals surface area contributed by atoms with Gasteiger partial charge in [-0.15, -0.1) is 0 Å². The van der Waals surface area contributed by atoms with Gasteiger partial charge in [0.2, 0.25) is 10.0 Å². The average molecular weight is 408 g/mol. The van der Waals surface area contributed by atoms with Crippen LogP contribution in [-0.2, 0) is 10.0 Å². The van der Waals surface area contributed by atoms with Crippen molar-refractivity contribution in [3.63, 3.8) is 0 Å². The van der Waals surface area contributed by atoms with Gasteiger partial charge in [0.05, 0.1) is 24.7 Å². The first-order chi connectivity index (χ1) is 13.3. The Balaban J connectivity index is 1.65. The lowest BCUT2D eigenvalue weighted by Crippen LogP contribution is -2.43. The molecule has 1 fully saturated rings. The lowest BCUT2D eigenvalue weighted by atomic mass is 10.1. The Labute approximate surface area is 162 Å². The number of carbonyl (C=O) groups excluding carboxylic acids is 1. The summed E-state index contributed by atoms with van der Waals surface area (Å²) in [5.74, 6) is -0.359. The van der Waals surface area contributed by atoms with Crippen molar-refractivity contribution in [2.45, 2.75) is 18.9 Å². The maximum atomic E-state index is 14.0. The summed E-state index contributed by atoms with van der Waals surface area (Å²) < 4.78 is 44.5. The Morgan fingerprint density at radius 1 is 1.29 bits per heavy atom. The number of piperidine rings is 1. The number of aromatic nitrogens is 1. The van der Waals surface area contributed by atoms with E-state index in [1.807, 2.05) is 0 Å². The number of rotatable bonds is 5. The zero-order valence-corrected chi connectivity index (χ0v) is 16.1. The first kappa shape index (κ1) is 20.0. The van der Waals surface area contributed by atoms with Gasteiger partial charge in [-0.25, -0.2) is 17.6 Å². The molecule has 0 bridgehead atoms. The molecule has 2 N–H and O–H groups in total. The minimum absolute atomic E-state index is 0.208. The fraction of sp³-hybridized carbons (Fsp3) is 0.333. The van der Waals surface area contributed by atoms with Crippen LogP contribution >= 0.6 is 0 Å². The monoisotopic (exact) mass is 408 g/mol. The molecule has 1 aromatic carbocycles. The Kier molecular flexibility index (Phi) is 6.10. The fourth-order valence-corrected chi connectivity index (χ4v) is 3.83. The van der Waals surface area contributed by atoms with E-state index in [1.165, 1.54) is 28.7 Å². The molecule has 3 rings (SSSR count). The number of hydrogen-bond donors (Lipinski definition) is 2. The number of hydrogen-bond acceptors (Lipinski definition) is 5. The highest BCUT2D eigenvalue weighted by Crippen LogP contribution is 2.24. The molecule has 1 aliphatic heterocycles. The number of sulfonamides is 1. The first-order valence-electron chi connectivity index (χ1n) is 8.70. The van der Waals surface area contributed by atoms with Crippen molar-refractivity contribution < 1.29 is 22.3 Å². The van der Waals surface area contributed by atoms with Crippen LogP contribution in [0.4, 0.5) is 20.6 Å². The van der Waals surface area contributed by atoms with Crippen LogP contribution in [0.3, 0.4) is 0 Å². The van der Waals surface area contributed by atoms with Gasteiger partial charge in [0, 0.05) is 30.6 Å². The summed E-state index contributed by atoms with van der Waals surface area (Å²) in [5, 5.41) is 5.12. The van der Waals surface area contributed by atoms with E-state index in [2.05, 4.69) is 15.6 Å². The van der Waals surface area contributed by atoms with Gasteiger partial charge < -0.3 is 15.4 Å². The molecule has 2 aromatic rings. The lowest BCUT2D eigenvalue weighted by Gasteiger charge is -2.31. The molecule has 0 saturated carbocycles. The van der Waals surface area contributed by atoms with Crippen LogP contribution < -0.4 is 15.4 Å². The van der Waals surface area contributed by atoms with Crippen molar-refractivity contribution in [2.75, 3.05) is 30.0 Å². The molecule has 2 amide bonds. The van der Waals surface area contributed by atoms with Gasteiger partial charge in [-0.1, -0.05) is 0 Å². The smallest absolute Gasteiger partial charge is 0.323 e. The Morgan fingerprint density at radius 2 is 2.07 bits per heavy atom. The third-order valence-corrected chi connectivity index (χ3v) is 5.43. The highest BCUT2D eigenvalue weighted by atomic mass is 32.2. The third kappa shape index (κ3) is 5.64. The summed E-state index contributed by atoms with van der Waals surface area (Å²) in [7, 11) is -3.30. The van der Waals surface area contributed by atoms with Gasteiger partial charge in [-0.3, -0.25) is 4.98 Å². The zero-order chi connectivity index (χ0) is 20.1. The van der Waals surface area contributed by atoms with Crippen LogP contribution in [-0.4, -0.2) is 49.2 Å². The molecular formula is C18H21FN4O4S. The predicted octanol–water partition coefficient (Wildman–Crippen LogP) is 2.67. The van der Waals surface area contributed by atoms with Gasteiger partial charge >= 0.3 is 6.03 Å². The Morgan fingerprint density at radius 3 is 2.79 bits per heavy atom. The molecule has 10 heteroatoms. The normalized spacial score (nSPS) is 17.7. The predicted molar refractivity (Wildman–Crippen MR) is 103 cm³/mol. The van der Waals surface area contributed by atoms with Crippen LogP contribution in [0, 0.1) is 5.82 Å². The van der Waals surface area contributed by atoms with Gasteiger partial charge in [0.15, 0.2) is 0 Å². The van der Waals surface area contributed by atoms with E-state index < -0.39 is 21.9 Å². The number of urea groups is 1. The number of ether oxygens (including phenoxy) is 1. The number of anilines is 2. The molecule has 8 nitrogen and oxygen atoms in total. The van der Waals surface area contributed by atoms with Crippen LogP contribution in [0.25, 0.3) is 0 Å². The van der Waals surface area contributed by atoms with E-state index in [1.54, 1.807) is 18.3 Å². The maximum absolute atomic E-state index is 14.0. The molecule has 0 aliphatic carbocycles. The molecule has 1 aromatic heterocycles. The summed E-state index contributed by atoms with van der Waals surface area (Å²) in [4.78, 5) is 16.0. The quantitative estimate of drug-likeness (QED) is 0.792. The van der Waals surface area contributed by atoms with Crippen molar-refractivity contribution in [3.8, 4) is 5.75 Å². The van der Waals surface area contributed by atoms with Crippen molar-refractivity contribution in [2.24, 2.45) is 0 Å². The van der Waals surface area contributed by atoms with Gasteiger partial charge in [-0.05, 0) is 31.0 Å². The number of pyridine rings is 1. The molecule has 28 heavy (non-hydrogen) atoms.